The number of carbonyl (C=O) groups is 1. The van der Waals surface area contributed by atoms with Crippen molar-refractivity contribution in [2.45, 2.75) is 19.8 Å². The number of amides is 1. The standard InChI is InChI=1S/C15H26N6O3S/c1-12-10-13(21-8-4-5-9-21)19-15(18-12)17-7-6-16-14(22)11-20(2)25(3,23)24/h10H,4-9,11H2,1-3H3,(H,16,22)(H,17,18,19). The molecular weight excluding hydrogens is 344 g/mol. The van der Waals surface area contributed by atoms with Crippen LogP contribution in [-0.4, -0.2) is 74.6 Å². The largest absolute Gasteiger partial charge is 0.356 e. The van der Waals surface area contributed by atoms with E-state index in [9.17, 15) is 13.2 Å². The van der Waals surface area contributed by atoms with Gasteiger partial charge in [0.15, 0.2) is 0 Å². The Morgan fingerprint density at radius 2 is 1.96 bits per heavy atom. The fraction of sp³-hybridized carbons (Fsp3) is 0.667. The molecular formula is C15H26N6O3S. The summed E-state index contributed by atoms with van der Waals surface area (Å²) in [6.45, 7) is 4.57. The van der Waals surface area contributed by atoms with E-state index in [4.69, 9.17) is 0 Å². The first-order valence-electron chi connectivity index (χ1n) is 8.28. The van der Waals surface area contributed by atoms with Gasteiger partial charge in [-0.05, 0) is 19.8 Å². The molecule has 25 heavy (non-hydrogen) atoms. The Bertz CT molecular complexity index is 703. The van der Waals surface area contributed by atoms with Crippen LogP contribution in [0.2, 0.25) is 0 Å². The maximum atomic E-state index is 11.7. The average Bonchev–Trinajstić information content (AvgIpc) is 3.04. The van der Waals surface area contributed by atoms with Gasteiger partial charge >= 0.3 is 0 Å². The molecule has 1 aromatic heterocycles. The summed E-state index contributed by atoms with van der Waals surface area (Å²) in [7, 11) is -1.99. The Labute approximate surface area is 148 Å². The number of sulfonamides is 1. The molecule has 2 N–H and O–H groups in total. The quantitative estimate of drug-likeness (QED) is 0.611. The number of aryl methyl sites for hydroxylation is 1. The van der Waals surface area contributed by atoms with Crippen molar-refractivity contribution in [1.82, 2.24) is 19.6 Å². The zero-order chi connectivity index (χ0) is 18.4. The number of hydrogen-bond donors (Lipinski definition) is 2. The van der Waals surface area contributed by atoms with E-state index in [0.29, 0.717) is 19.0 Å². The van der Waals surface area contributed by atoms with Gasteiger partial charge in [0.1, 0.15) is 5.82 Å². The maximum Gasteiger partial charge on any atom is 0.235 e. The lowest BCUT2D eigenvalue weighted by Gasteiger charge is -2.18. The molecule has 0 aromatic carbocycles. The lowest BCUT2D eigenvalue weighted by Crippen LogP contribution is -2.39. The summed E-state index contributed by atoms with van der Waals surface area (Å²) in [5.41, 5.74) is 0.887. The SMILES string of the molecule is Cc1cc(N2CCCC2)nc(NCCNC(=O)CN(C)S(C)(=O)=O)n1. The lowest BCUT2D eigenvalue weighted by atomic mass is 10.4. The Morgan fingerprint density at radius 3 is 2.60 bits per heavy atom. The minimum Gasteiger partial charge on any atom is -0.356 e. The molecule has 0 radical (unpaired) electrons. The van der Waals surface area contributed by atoms with Crippen LogP contribution in [0.25, 0.3) is 0 Å². The number of carbonyl (C=O) groups excluding carboxylic acids is 1. The molecule has 1 fully saturated rings. The number of anilines is 2. The highest BCUT2D eigenvalue weighted by atomic mass is 32.2. The molecule has 1 aliphatic heterocycles. The third-order valence-electron chi connectivity index (χ3n) is 3.93. The van der Waals surface area contributed by atoms with Gasteiger partial charge in [0, 0.05) is 45.0 Å². The first-order valence-corrected chi connectivity index (χ1v) is 10.1. The predicted molar refractivity (Wildman–Crippen MR) is 97.2 cm³/mol. The van der Waals surface area contributed by atoms with E-state index in [0.717, 1.165) is 35.2 Å². The fourth-order valence-corrected chi connectivity index (χ4v) is 2.84. The molecule has 0 aliphatic carbocycles. The summed E-state index contributed by atoms with van der Waals surface area (Å²) in [5.74, 6) is 1.10. The van der Waals surface area contributed by atoms with Crippen LogP contribution in [0, 0.1) is 6.92 Å². The molecule has 2 heterocycles. The van der Waals surface area contributed by atoms with Gasteiger partial charge in [-0.2, -0.15) is 9.29 Å². The highest BCUT2D eigenvalue weighted by Gasteiger charge is 2.16. The summed E-state index contributed by atoms with van der Waals surface area (Å²) < 4.78 is 23.5. The Kier molecular flexibility index (Phi) is 6.54. The molecule has 1 aromatic rings. The minimum absolute atomic E-state index is 0.196. The number of nitrogens with zero attached hydrogens (tertiary/aromatic N) is 4. The van der Waals surface area contributed by atoms with E-state index in [1.165, 1.54) is 19.9 Å². The molecule has 1 aliphatic rings. The van der Waals surface area contributed by atoms with Gasteiger partial charge in [0.2, 0.25) is 21.9 Å². The Morgan fingerprint density at radius 1 is 1.28 bits per heavy atom. The van der Waals surface area contributed by atoms with Crippen LogP contribution in [0.4, 0.5) is 11.8 Å². The number of nitrogens with one attached hydrogen (secondary N) is 2. The van der Waals surface area contributed by atoms with Crippen LogP contribution in [0.5, 0.6) is 0 Å². The molecule has 10 heteroatoms. The molecule has 0 saturated carbocycles. The molecule has 0 spiro atoms. The summed E-state index contributed by atoms with van der Waals surface area (Å²) >= 11 is 0. The van der Waals surface area contributed by atoms with E-state index in [1.807, 2.05) is 13.0 Å². The predicted octanol–water partition coefficient (Wildman–Crippen LogP) is -0.195. The van der Waals surface area contributed by atoms with Gasteiger partial charge < -0.3 is 15.5 Å². The summed E-state index contributed by atoms with van der Waals surface area (Å²) in [6, 6.07) is 1.97. The minimum atomic E-state index is -3.36. The second kappa shape index (κ2) is 8.43. The van der Waals surface area contributed by atoms with E-state index in [-0.39, 0.29) is 12.5 Å². The Balaban J connectivity index is 1.79. The highest BCUT2D eigenvalue weighted by Crippen LogP contribution is 2.19. The Hall–Kier alpha value is -1.94. The van der Waals surface area contributed by atoms with Crippen molar-refractivity contribution >= 4 is 27.7 Å². The molecule has 0 atom stereocenters. The van der Waals surface area contributed by atoms with E-state index >= 15 is 0 Å². The smallest absolute Gasteiger partial charge is 0.235 e. The van der Waals surface area contributed by atoms with Crippen molar-refractivity contribution < 1.29 is 13.2 Å². The molecule has 2 rings (SSSR count). The first-order chi connectivity index (χ1) is 11.8. The van der Waals surface area contributed by atoms with Crippen molar-refractivity contribution in [1.29, 1.82) is 0 Å². The van der Waals surface area contributed by atoms with Crippen molar-refractivity contribution in [3.8, 4) is 0 Å². The topological polar surface area (TPSA) is 108 Å². The van der Waals surface area contributed by atoms with Gasteiger partial charge in [0.05, 0.1) is 12.8 Å². The number of rotatable bonds is 8. The van der Waals surface area contributed by atoms with Crippen LogP contribution in [0.1, 0.15) is 18.5 Å². The number of aromatic nitrogens is 2. The second-order valence-corrected chi connectivity index (χ2v) is 8.27. The zero-order valence-electron chi connectivity index (χ0n) is 14.9. The van der Waals surface area contributed by atoms with Gasteiger partial charge in [-0.1, -0.05) is 0 Å². The van der Waals surface area contributed by atoms with Crippen molar-refractivity contribution in [3.05, 3.63) is 11.8 Å². The average molecular weight is 370 g/mol. The molecule has 140 valence electrons. The third kappa shape index (κ3) is 6.13. The fourth-order valence-electron chi connectivity index (χ4n) is 2.49. The highest BCUT2D eigenvalue weighted by molar-refractivity contribution is 7.88. The monoisotopic (exact) mass is 370 g/mol. The van der Waals surface area contributed by atoms with Gasteiger partial charge in [-0.3, -0.25) is 4.79 Å². The molecule has 0 unspecified atom stereocenters. The van der Waals surface area contributed by atoms with Gasteiger partial charge in [0.25, 0.3) is 0 Å². The van der Waals surface area contributed by atoms with Crippen molar-refractivity contribution in [2.75, 3.05) is 56.2 Å². The van der Waals surface area contributed by atoms with Crippen molar-refractivity contribution in [3.63, 3.8) is 0 Å². The summed E-state index contributed by atoms with van der Waals surface area (Å²) in [4.78, 5) is 22.8. The maximum absolute atomic E-state index is 11.7. The lowest BCUT2D eigenvalue weighted by molar-refractivity contribution is -0.121. The van der Waals surface area contributed by atoms with Crippen LogP contribution in [-0.2, 0) is 14.8 Å². The van der Waals surface area contributed by atoms with Crippen LogP contribution in [0.15, 0.2) is 6.07 Å². The molecule has 0 bridgehead atoms. The number of hydrogen-bond acceptors (Lipinski definition) is 7. The summed E-state index contributed by atoms with van der Waals surface area (Å²) in [6.07, 6.45) is 3.43. The van der Waals surface area contributed by atoms with E-state index < -0.39 is 10.0 Å². The van der Waals surface area contributed by atoms with Crippen molar-refractivity contribution in [2.24, 2.45) is 0 Å². The third-order valence-corrected chi connectivity index (χ3v) is 5.19. The number of likely N-dealkylation sites (N-methyl/N-ethyl adjacent to an activating group) is 1. The van der Waals surface area contributed by atoms with E-state index in [2.05, 4.69) is 25.5 Å². The van der Waals surface area contributed by atoms with E-state index in [1.54, 1.807) is 0 Å². The van der Waals surface area contributed by atoms with Crippen LogP contribution >= 0.6 is 0 Å². The zero-order valence-corrected chi connectivity index (χ0v) is 15.8. The van der Waals surface area contributed by atoms with Crippen LogP contribution in [0.3, 0.4) is 0 Å². The van der Waals surface area contributed by atoms with Crippen LogP contribution < -0.4 is 15.5 Å². The molecule has 1 amide bonds. The summed E-state index contributed by atoms with van der Waals surface area (Å²) in [5, 5.41) is 5.76. The first kappa shape index (κ1) is 19.4. The molecule has 9 nitrogen and oxygen atoms in total. The van der Waals surface area contributed by atoms with Gasteiger partial charge in [-0.15, -0.1) is 0 Å². The normalized spacial score (nSPS) is 14.8. The second-order valence-electron chi connectivity index (χ2n) is 6.18. The van der Waals surface area contributed by atoms with Gasteiger partial charge in [-0.25, -0.2) is 13.4 Å². The molecule has 1 saturated heterocycles.